The summed E-state index contributed by atoms with van der Waals surface area (Å²) in [5.41, 5.74) is 0.917. The summed E-state index contributed by atoms with van der Waals surface area (Å²) in [7, 11) is 0. The van der Waals surface area contributed by atoms with Crippen LogP contribution < -0.4 is 10.6 Å². The van der Waals surface area contributed by atoms with Crippen molar-refractivity contribution < 1.29 is 14.0 Å². The largest absolute Gasteiger partial charge is 0.324 e. The second kappa shape index (κ2) is 10.7. The third kappa shape index (κ3) is 6.00. The second-order valence-electron chi connectivity index (χ2n) is 6.57. The number of amides is 2. The van der Waals surface area contributed by atoms with Crippen LogP contribution in [-0.2, 0) is 4.79 Å². The first-order valence-electron chi connectivity index (χ1n) is 9.46. The molecule has 3 aromatic carbocycles. The van der Waals surface area contributed by atoms with Gasteiger partial charge in [-0.05, 0) is 48.9 Å². The van der Waals surface area contributed by atoms with Gasteiger partial charge in [0, 0.05) is 10.6 Å². The number of hydrogen-bond acceptors (Lipinski definition) is 3. The van der Waals surface area contributed by atoms with Crippen LogP contribution >= 0.6 is 35.0 Å². The van der Waals surface area contributed by atoms with Crippen LogP contribution in [0.1, 0.15) is 23.7 Å². The lowest BCUT2D eigenvalue weighted by atomic mass is 10.2. The van der Waals surface area contributed by atoms with Gasteiger partial charge in [-0.3, -0.25) is 9.59 Å². The summed E-state index contributed by atoms with van der Waals surface area (Å²) >= 11 is 13.5. The Morgan fingerprint density at radius 2 is 1.74 bits per heavy atom. The molecule has 31 heavy (non-hydrogen) atoms. The number of carbonyl (C=O) groups excluding carboxylic acids is 2. The summed E-state index contributed by atoms with van der Waals surface area (Å²) in [6, 6.07) is 17.9. The average Bonchev–Trinajstić information content (AvgIpc) is 2.75. The molecule has 1 atom stereocenters. The summed E-state index contributed by atoms with van der Waals surface area (Å²) in [6.07, 6.45) is 0.570. The topological polar surface area (TPSA) is 58.2 Å². The molecule has 8 heteroatoms. The van der Waals surface area contributed by atoms with Crippen molar-refractivity contribution in [3.63, 3.8) is 0 Å². The van der Waals surface area contributed by atoms with Crippen molar-refractivity contribution in [3.05, 3.63) is 88.2 Å². The first-order chi connectivity index (χ1) is 14.9. The van der Waals surface area contributed by atoms with Gasteiger partial charge in [0.25, 0.3) is 5.91 Å². The highest BCUT2D eigenvalue weighted by molar-refractivity contribution is 8.00. The fourth-order valence-electron chi connectivity index (χ4n) is 2.79. The number of hydrogen-bond donors (Lipinski definition) is 2. The summed E-state index contributed by atoms with van der Waals surface area (Å²) in [5, 5.41) is 5.75. The van der Waals surface area contributed by atoms with Crippen LogP contribution in [0.4, 0.5) is 15.8 Å². The predicted molar refractivity (Wildman–Crippen MR) is 126 cm³/mol. The Balaban J connectivity index is 1.69. The third-order valence-electron chi connectivity index (χ3n) is 4.36. The molecule has 0 fully saturated rings. The number of rotatable bonds is 7. The first kappa shape index (κ1) is 23.1. The van der Waals surface area contributed by atoms with E-state index in [-0.39, 0.29) is 16.5 Å². The van der Waals surface area contributed by atoms with Crippen molar-refractivity contribution >= 4 is 58.2 Å². The first-order valence-corrected chi connectivity index (χ1v) is 11.1. The van der Waals surface area contributed by atoms with Crippen LogP contribution in [-0.4, -0.2) is 17.1 Å². The van der Waals surface area contributed by atoms with E-state index in [0.717, 1.165) is 4.90 Å². The lowest BCUT2D eigenvalue weighted by Crippen LogP contribution is -2.24. The number of carbonyl (C=O) groups is 2. The fraction of sp³-hybridized carbons (Fsp3) is 0.130. The number of thioether (sulfide) groups is 1. The summed E-state index contributed by atoms with van der Waals surface area (Å²) in [4.78, 5) is 25.9. The van der Waals surface area contributed by atoms with Gasteiger partial charge in [-0.15, -0.1) is 11.8 Å². The Morgan fingerprint density at radius 1 is 1.00 bits per heavy atom. The zero-order chi connectivity index (χ0) is 22.4. The maximum atomic E-state index is 13.8. The van der Waals surface area contributed by atoms with Gasteiger partial charge in [-0.1, -0.05) is 54.4 Å². The third-order valence-corrected chi connectivity index (χ3v) is 6.54. The number of nitrogens with one attached hydrogen (secondary N) is 2. The van der Waals surface area contributed by atoms with Crippen molar-refractivity contribution in [2.45, 2.75) is 23.5 Å². The number of benzene rings is 3. The molecule has 2 amide bonds. The van der Waals surface area contributed by atoms with E-state index >= 15 is 0 Å². The van der Waals surface area contributed by atoms with Gasteiger partial charge in [0.1, 0.15) is 5.82 Å². The lowest BCUT2D eigenvalue weighted by molar-refractivity contribution is -0.115. The fourth-order valence-corrected chi connectivity index (χ4v) is 4.15. The van der Waals surface area contributed by atoms with E-state index in [1.807, 2.05) is 13.0 Å². The molecule has 0 aromatic heterocycles. The molecule has 0 aliphatic rings. The van der Waals surface area contributed by atoms with Crippen molar-refractivity contribution in [2.24, 2.45) is 0 Å². The van der Waals surface area contributed by atoms with Crippen LogP contribution in [0.2, 0.25) is 10.0 Å². The van der Waals surface area contributed by atoms with Gasteiger partial charge in [0.05, 0.1) is 26.5 Å². The highest BCUT2D eigenvalue weighted by Gasteiger charge is 2.20. The number of halogens is 3. The standard InChI is InChI=1S/C23H19Cl2FN2O2S/c1-2-20(23(30)28-19-12-6-10-17(24)21(19)25)31-15-8-5-7-14(13-15)27-22(29)16-9-3-4-11-18(16)26/h3-13,20H,2H2,1H3,(H,27,29)(H,28,30). The average molecular weight is 477 g/mol. The monoisotopic (exact) mass is 476 g/mol. The Kier molecular flexibility index (Phi) is 7.96. The minimum absolute atomic E-state index is 0.0373. The van der Waals surface area contributed by atoms with Gasteiger partial charge in [0.2, 0.25) is 5.91 Å². The normalized spacial score (nSPS) is 11.6. The summed E-state index contributed by atoms with van der Waals surface area (Å²) in [5.74, 6) is -1.34. The van der Waals surface area contributed by atoms with Crippen molar-refractivity contribution in [1.29, 1.82) is 0 Å². The molecule has 2 N–H and O–H groups in total. The molecule has 0 radical (unpaired) electrons. The molecule has 3 aromatic rings. The highest BCUT2D eigenvalue weighted by Crippen LogP contribution is 2.32. The Morgan fingerprint density at radius 3 is 2.48 bits per heavy atom. The van der Waals surface area contributed by atoms with Gasteiger partial charge in [-0.25, -0.2) is 4.39 Å². The number of anilines is 2. The van der Waals surface area contributed by atoms with Crippen LogP contribution in [0.25, 0.3) is 0 Å². The van der Waals surface area contributed by atoms with Gasteiger partial charge in [0.15, 0.2) is 0 Å². The molecule has 0 saturated heterocycles. The minimum Gasteiger partial charge on any atom is -0.324 e. The SMILES string of the molecule is CCC(Sc1cccc(NC(=O)c2ccccc2F)c1)C(=O)Nc1cccc(Cl)c1Cl. The van der Waals surface area contributed by atoms with E-state index in [4.69, 9.17) is 23.2 Å². The van der Waals surface area contributed by atoms with Crippen LogP contribution in [0.3, 0.4) is 0 Å². The van der Waals surface area contributed by atoms with Crippen molar-refractivity contribution in [2.75, 3.05) is 10.6 Å². The zero-order valence-corrected chi connectivity index (χ0v) is 18.8. The molecule has 1 unspecified atom stereocenters. The maximum Gasteiger partial charge on any atom is 0.258 e. The second-order valence-corrected chi connectivity index (χ2v) is 8.63. The van der Waals surface area contributed by atoms with Crippen LogP contribution in [0.15, 0.2) is 71.6 Å². The molecule has 0 spiro atoms. The smallest absolute Gasteiger partial charge is 0.258 e. The molecular weight excluding hydrogens is 458 g/mol. The molecular formula is C23H19Cl2FN2O2S. The molecule has 0 bridgehead atoms. The minimum atomic E-state index is -0.590. The summed E-state index contributed by atoms with van der Waals surface area (Å²) < 4.78 is 13.8. The molecule has 160 valence electrons. The van der Waals surface area contributed by atoms with Gasteiger partial charge < -0.3 is 10.6 Å². The van der Waals surface area contributed by atoms with Gasteiger partial charge >= 0.3 is 0 Å². The van der Waals surface area contributed by atoms with Crippen molar-refractivity contribution in [1.82, 2.24) is 0 Å². The highest BCUT2D eigenvalue weighted by atomic mass is 35.5. The zero-order valence-electron chi connectivity index (χ0n) is 16.5. The van der Waals surface area contributed by atoms with E-state index in [1.165, 1.54) is 30.0 Å². The quantitative estimate of drug-likeness (QED) is 0.364. The molecule has 0 aliphatic heterocycles. The Hall–Kier alpha value is -2.54. The Bertz CT molecular complexity index is 1110. The maximum absolute atomic E-state index is 13.8. The van der Waals surface area contributed by atoms with Gasteiger partial charge in [-0.2, -0.15) is 0 Å². The Labute approximate surface area is 194 Å². The van der Waals surface area contributed by atoms with E-state index in [2.05, 4.69) is 10.6 Å². The van der Waals surface area contributed by atoms with Crippen LogP contribution in [0, 0.1) is 5.82 Å². The van der Waals surface area contributed by atoms with E-state index in [0.29, 0.717) is 22.8 Å². The molecule has 4 nitrogen and oxygen atoms in total. The summed E-state index contributed by atoms with van der Waals surface area (Å²) in [6.45, 7) is 1.90. The molecule has 0 aliphatic carbocycles. The van der Waals surface area contributed by atoms with E-state index < -0.39 is 17.0 Å². The molecule has 0 saturated carbocycles. The molecule has 3 rings (SSSR count). The van der Waals surface area contributed by atoms with Crippen molar-refractivity contribution in [3.8, 4) is 0 Å². The van der Waals surface area contributed by atoms with E-state index in [9.17, 15) is 14.0 Å². The van der Waals surface area contributed by atoms with E-state index in [1.54, 1.807) is 42.5 Å². The molecule has 0 heterocycles. The van der Waals surface area contributed by atoms with Crippen LogP contribution in [0.5, 0.6) is 0 Å². The predicted octanol–water partition coefficient (Wildman–Crippen LogP) is 6.89. The lowest BCUT2D eigenvalue weighted by Gasteiger charge is -2.16.